The summed E-state index contributed by atoms with van der Waals surface area (Å²) in [6.45, 7) is 0.116. The van der Waals surface area contributed by atoms with Gasteiger partial charge in [-0.1, -0.05) is 0 Å². The van der Waals surface area contributed by atoms with Crippen molar-refractivity contribution >= 4 is 34.6 Å². The van der Waals surface area contributed by atoms with Gasteiger partial charge in [-0.15, -0.1) is 0 Å². The van der Waals surface area contributed by atoms with Gasteiger partial charge in [0.15, 0.2) is 37.4 Å². The summed E-state index contributed by atoms with van der Waals surface area (Å²) in [5.74, 6) is -5.28. The van der Waals surface area contributed by atoms with E-state index in [9.17, 15) is 84.7 Å². The molecular formula is C30H51N2NaO24S. The van der Waals surface area contributed by atoms with E-state index < -0.39 is 170 Å². The van der Waals surface area contributed by atoms with Gasteiger partial charge in [0.2, 0.25) is 11.8 Å². The molecule has 0 unspecified atom stereocenters. The maximum absolute atomic E-state index is 12.5. The van der Waals surface area contributed by atoms with Gasteiger partial charge < -0.3 is 106 Å². The summed E-state index contributed by atoms with van der Waals surface area (Å²) in [6, 6.07) is -3.38. The third-order valence-corrected chi connectivity index (χ3v) is 8.94. The Balaban J connectivity index is 0.00000277. The second-order valence-corrected chi connectivity index (χ2v) is 14.9. The van der Waals surface area contributed by atoms with Crippen molar-refractivity contribution in [3.63, 3.8) is 0 Å². The van der Waals surface area contributed by atoms with Crippen molar-refractivity contribution in [3.05, 3.63) is 0 Å². The normalized spacial score (nSPS) is 42.9. The molecule has 4 aliphatic heterocycles. The van der Waals surface area contributed by atoms with Gasteiger partial charge in [0, 0.05) is 37.2 Å². The van der Waals surface area contributed by atoms with Crippen LogP contribution in [0.4, 0.5) is 0 Å². The molecule has 0 aromatic rings. The van der Waals surface area contributed by atoms with Gasteiger partial charge in [-0.25, -0.2) is 9.59 Å². The van der Waals surface area contributed by atoms with Gasteiger partial charge in [-0.3, -0.25) is 13.8 Å². The molecule has 0 saturated carbocycles. The number of carbonyl (C=O) groups excluding carboxylic acids is 2. The molecule has 0 aromatic heterocycles. The van der Waals surface area contributed by atoms with Crippen LogP contribution in [-0.2, 0) is 63.1 Å². The van der Waals surface area contributed by atoms with Gasteiger partial charge >= 0.3 is 41.5 Å². The predicted octanol–water partition coefficient (Wildman–Crippen LogP) is -12.2. The van der Waals surface area contributed by atoms with Crippen LogP contribution in [0.2, 0.25) is 0 Å². The number of aliphatic hydroxyl groups excluding tert-OH is 10. The van der Waals surface area contributed by atoms with E-state index >= 15 is 0 Å². The van der Waals surface area contributed by atoms with E-state index in [0.29, 0.717) is 0 Å². The minimum absolute atomic E-state index is 0. The van der Waals surface area contributed by atoms with Crippen LogP contribution >= 0.6 is 0 Å². The first kappa shape index (κ1) is 52.5. The van der Waals surface area contributed by atoms with Crippen LogP contribution in [-0.4, -0.2) is 238 Å². The zero-order valence-corrected chi connectivity index (χ0v) is 34.5. The number of amides is 2. The standard InChI is InChI=1S/C28H44N2O23.C2H6OS.Na.H/c1-5(33)29-9-18(11(35)7(3-31)47-25(9)46)49-28-17(41)15(39)20(22(53-28)24(44)45)51-26-10(30-6(2)34)19(12(36)8(4-32)48-26)50-27-16(40)13(37)14(38)21(52-27)23(42)43;1-4(2)3;;/h7-22,25-28,31-32,35-41,46H,3-4H2,1-2H3,(H,29,33)(H,30,34)(H,42,43)(H,44,45);1-2H3;;/q;;+1;-1/t7-,8-,9-,10-,11-,12-,13+,14+,15-,16-,17-,18-,19-,20+,21+,22+,25-,26+,27-,28-;;;/m1.../s1. The predicted molar refractivity (Wildman–Crippen MR) is 179 cm³/mol. The average molecular weight is 879 g/mol. The first-order chi connectivity index (χ1) is 26.5. The van der Waals surface area contributed by atoms with Crippen LogP contribution < -0.4 is 40.2 Å². The van der Waals surface area contributed by atoms with Gasteiger partial charge in [0.05, 0.1) is 13.2 Å². The molecule has 2 amide bonds. The van der Waals surface area contributed by atoms with E-state index in [1.807, 2.05) is 0 Å². The Morgan fingerprint density at radius 1 is 0.569 bits per heavy atom. The van der Waals surface area contributed by atoms with Crippen molar-refractivity contribution in [2.45, 2.75) is 137 Å². The molecule has 0 bridgehead atoms. The molecule has 4 aliphatic rings. The molecule has 4 heterocycles. The minimum Gasteiger partial charge on any atom is -1.00 e. The van der Waals surface area contributed by atoms with Crippen LogP contribution in [0.5, 0.6) is 0 Å². The van der Waals surface area contributed by atoms with E-state index in [1.165, 1.54) is 0 Å². The second kappa shape index (κ2) is 23.0. The Morgan fingerprint density at radius 2 is 0.966 bits per heavy atom. The molecule has 0 aliphatic carbocycles. The molecule has 4 saturated heterocycles. The zero-order valence-electron chi connectivity index (χ0n) is 32.6. The smallest absolute Gasteiger partial charge is 1.00 e. The Hall–Kier alpha value is -1.65. The van der Waals surface area contributed by atoms with E-state index in [1.54, 1.807) is 12.5 Å². The summed E-state index contributed by atoms with van der Waals surface area (Å²) in [6.07, 6.45) is -33.3. The van der Waals surface area contributed by atoms with Crippen molar-refractivity contribution < 1.29 is 149 Å². The van der Waals surface area contributed by atoms with Crippen molar-refractivity contribution in [2.75, 3.05) is 25.7 Å². The maximum atomic E-state index is 12.5. The summed E-state index contributed by atoms with van der Waals surface area (Å²) in [5, 5.41) is 129. The fourth-order valence-electron chi connectivity index (χ4n) is 6.30. The van der Waals surface area contributed by atoms with Gasteiger partial charge in [0.1, 0.15) is 85.3 Å². The number of nitrogens with one attached hydrogen (secondary N) is 2. The van der Waals surface area contributed by atoms with E-state index in [0.717, 1.165) is 13.8 Å². The number of ether oxygens (including phenoxy) is 7. The molecule has 332 valence electrons. The fourth-order valence-corrected chi connectivity index (χ4v) is 6.30. The number of aliphatic hydroxyl groups is 10. The third-order valence-electron chi connectivity index (χ3n) is 8.94. The molecule has 58 heavy (non-hydrogen) atoms. The molecule has 26 nitrogen and oxygen atoms in total. The van der Waals surface area contributed by atoms with Crippen molar-refractivity contribution in [1.29, 1.82) is 0 Å². The van der Waals surface area contributed by atoms with Crippen LogP contribution in [0.25, 0.3) is 0 Å². The first-order valence-electron chi connectivity index (χ1n) is 17.0. The molecular weight excluding hydrogens is 827 g/mol. The van der Waals surface area contributed by atoms with Crippen molar-refractivity contribution in [2.24, 2.45) is 0 Å². The van der Waals surface area contributed by atoms with Crippen molar-refractivity contribution in [1.82, 2.24) is 10.6 Å². The number of carboxylic acids is 2. The summed E-state index contributed by atoms with van der Waals surface area (Å²) in [4.78, 5) is 48.2. The number of carboxylic acid groups (broad SMARTS) is 2. The quantitative estimate of drug-likeness (QED) is 0.0809. The molecule has 4 fully saturated rings. The van der Waals surface area contributed by atoms with Crippen molar-refractivity contribution in [3.8, 4) is 0 Å². The third kappa shape index (κ3) is 12.7. The average Bonchev–Trinajstić information content (AvgIpc) is 3.11. The van der Waals surface area contributed by atoms with Crippen LogP contribution in [0.3, 0.4) is 0 Å². The Kier molecular flexibility index (Phi) is 20.8. The number of rotatable bonds is 12. The van der Waals surface area contributed by atoms with Crippen LogP contribution in [0, 0.1) is 0 Å². The molecule has 0 aromatic carbocycles. The molecule has 0 spiro atoms. The largest absolute Gasteiger partial charge is 1.00 e. The Labute approximate surface area is 355 Å². The van der Waals surface area contributed by atoms with E-state index in [4.69, 9.17) is 33.2 Å². The van der Waals surface area contributed by atoms with Gasteiger partial charge in [-0.05, 0) is 0 Å². The molecule has 0 radical (unpaired) electrons. The Bertz CT molecular complexity index is 1410. The van der Waals surface area contributed by atoms with Crippen LogP contribution in [0.1, 0.15) is 15.3 Å². The van der Waals surface area contributed by atoms with E-state index in [-0.39, 0.29) is 31.0 Å². The molecule has 20 atom stereocenters. The monoisotopic (exact) mass is 878 g/mol. The van der Waals surface area contributed by atoms with Crippen LogP contribution in [0.15, 0.2) is 0 Å². The summed E-state index contributed by atoms with van der Waals surface area (Å²) < 4.78 is 47.6. The molecule has 14 N–H and O–H groups in total. The fraction of sp³-hybridized carbons (Fsp3) is 0.867. The summed E-state index contributed by atoms with van der Waals surface area (Å²) in [7, 11) is -0.611. The number of hydrogen-bond donors (Lipinski definition) is 14. The van der Waals surface area contributed by atoms with Gasteiger partial charge in [0.25, 0.3) is 0 Å². The van der Waals surface area contributed by atoms with E-state index in [2.05, 4.69) is 10.6 Å². The Morgan fingerprint density at radius 3 is 1.41 bits per heavy atom. The number of aliphatic carboxylic acids is 2. The summed E-state index contributed by atoms with van der Waals surface area (Å²) in [5.41, 5.74) is 0. The second-order valence-electron chi connectivity index (χ2n) is 13.4. The zero-order chi connectivity index (χ0) is 43.2. The minimum atomic E-state index is -2.30. The summed E-state index contributed by atoms with van der Waals surface area (Å²) >= 11 is 0. The molecule has 4 rings (SSSR count). The topological polar surface area (TPSA) is 417 Å². The first-order valence-corrected chi connectivity index (χ1v) is 19.0. The number of carbonyl (C=O) groups is 4. The van der Waals surface area contributed by atoms with Gasteiger partial charge in [-0.2, -0.15) is 0 Å². The maximum Gasteiger partial charge on any atom is 1.00 e. The SMILES string of the molecule is CC(=O)N[C@@H]1[C@@H](O[C@@H]2O[C@H](C(=O)O)[C@@H](O[C@@H]3O[C@H](CO)[C@@H](O)[C@H](O[C@@H]4O[C@H](C(=O)O)[C@@H](O)[C@H](O)[C@H]4O)[C@H]3NC(C)=O)[C@H](O)[C@H]2O)[C@H](O)[C@@H](CO)O[C@H]1O.CS(C)=O.[H-].[Na+]. The number of hydrogen-bond acceptors (Lipinski definition) is 22. The molecule has 28 heteroatoms.